The SMILES string of the molecule is O=C(CN1CCSC1=O)OCC(=O)c1ccc2c(c1)OCO2. The van der Waals surface area contributed by atoms with Gasteiger partial charge in [-0.3, -0.25) is 14.4 Å². The van der Waals surface area contributed by atoms with E-state index in [-0.39, 0.29) is 31.0 Å². The Hall–Kier alpha value is -2.22. The van der Waals surface area contributed by atoms with Gasteiger partial charge in [0.2, 0.25) is 6.79 Å². The number of carbonyl (C=O) groups excluding carboxylic acids is 3. The summed E-state index contributed by atoms with van der Waals surface area (Å²) in [4.78, 5) is 36.4. The van der Waals surface area contributed by atoms with Gasteiger partial charge in [-0.15, -0.1) is 0 Å². The maximum absolute atomic E-state index is 12.0. The van der Waals surface area contributed by atoms with Crippen LogP contribution in [0.2, 0.25) is 0 Å². The molecule has 116 valence electrons. The Morgan fingerprint density at radius 2 is 2.09 bits per heavy atom. The number of hydrogen-bond donors (Lipinski definition) is 0. The topological polar surface area (TPSA) is 82.1 Å². The third-order valence-electron chi connectivity index (χ3n) is 3.22. The van der Waals surface area contributed by atoms with E-state index in [1.54, 1.807) is 18.2 Å². The van der Waals surface area contributed by atoms with Gasteiger partial charge >= 0.3 is 5.97 Å². The molecule has 3 rings (SSSR count). The molecule has 2 aliphatic rings. The Bertz CT molecular complexity index is 632. The molecular formula is C14H13NO6S. The van der Waals surface area contributed by atoms with Gasteiger partial charge in [0, 0.05) is 17.9 Å². The summed E-state index contributed by atoms with van der Waals surface area (Å²) in [5, 5.41) is -0.140. The Balaban J connectivity index is 1.51. The maximum Gasteiger partial charge on any atom is 0.326 e. The van der Waals surface area contributed by atoms with Crippen molar-refractivity contribution in [2.75, 3.05) is 32.2 Å². The van der Waals surface area contributed by atoms with Crippen molar-refractivity contribution in [3.8, 4) is 11.5 Å². The fourth-order valence-electron chi connectivity index (χ4n) is 2.07. The summed E-state index contributed by atoms with van der Waals surface area (Å²) >= 11 is 1.17. The fourth-order valence-corrected chi connectivity index (χ4v) is 2.89. The van der Waals surface area contributed by atoms with Crippen LogP contribution in [0, 0.1) is 0 Å². The number of thioether (sulfide) groups is 1. The summed E-state index contributed by atoms with van der Waals surface area (Å²) in [5.74, 6) is 0.816. The van der Waals surface area contributed by atoms with Crippen molar-refractivity contribution in [1.82, 2.24) is 4.90 Å². The first-order valence-electron chi connectivity index (χ1n) is 6.63. The van der Waals surface area contributed by atoms with Crippen LogP contribution in [-0.4, -0.2) is 54.1 Å². The molecule has 0 N–H and O–H groups in total. The van der Waals surface area contributed by atoms with E-state index in [1.165, 1.54) is 16.7 Å². The van der Waals surface area contributed by atoms with E-state index >= 15 is 0 Å². The predicted octanol–water partition coefficient (Wildman–Crippen LogP) is 1.31. The second kappa shape index (κ2) is 6.27. The number of ketones is 1. The van der Waals surface area contributed by atoms with Gasteiger partial charge in [0.25, 0.3) is 5.24 Å². The smallest absolute Gasteiger partial charge is 0.326 e. The highest BCUT2D eigenvalue weighted by atomic mass is 32.2. The summed E-state index contributed by atoms with van der Waals surface area (Å²) in [6, 6.07) is 4.78. The van der Waals surface area contributed by atoms with Crippen LogP contribution in [0.3, 0.4) is 0 Å². The average Bonchev–Trinajstić information content (AvgIpc) is 3.13. The largest absolute Gasteiger partial charge is 0.456 e. The van der Waals surface area contributed by atoms with Crippen LogP contribution in [0.1, 0.15) is 10.4 Å². The predicted molar refractivity (Wildman–Crippen MR) is 77.3 cm³/mol. The molecule has 2 heterocycles. The number of amides is 1. The lowest BCUT2D eigenvalue weighted by Gasteiger charge is -2.13. The lowest BCUT2D eigenvalue weighted by atomic mass is 10.1. The van der Waals surface area contributed by atoms with E-state index in [4.69, 9.17) is 14.2 Å². The fraction of sp³-hybridized carbons (Fsp3) is 0.357. The van der Waals surface area contributed by atoms with Gasteiger partial charge in [0.15, 0.2) is 23.9 Å². The molecule has 1 aromatic carbocycles. The molecule has 22 heavy (non-hydrogen) atoms. The molecule has 1 amide bonds. The molecule has 7 nitrogen and oxygen atoms in total. The molecular weight excluding hydrogens is 310 g/mol. The Morgan fingerprint density at radius 1 is 1.27 bits per heavy atom. The second-order valence-corrected chi connectivity index (χ2v) is 5.73. The summed E-state index contributed by atoms with van der Waals surface area (Å²) in [6.07, 6.45) is 0. The molecule has 2 aliphatic heterocycles. The van der Waals surface area contributed by atoms with E-state index in [9.17, 15) is 14.4 Å². The Kier molecular flexibility index (Phi) is 4.19. The summed E-state index contributed by atoms with van der Waals surface area (Å²) in [7, 11) is 0. The third kappa shape index (κ3) is 3.16. The van der Waals surface area contributed by atoms with Crippen molar-refractivity contribution < 1.29 is 28.6 Å². The first kappa shape index (κ1) is 14.7. The van der Waals surface area contributed by atoms with Gasteiger partial charge in [-0.05, 0) is 18.2 Å². The minimum atomic E-state index is -0.593. The molecule has 0 atom stereocenters. The second-order valence-electron chi connectivity index (χ2n) is 4.69. The zero-order chi connectivity index (χ0) is 15.5. The molecule has 0 spiro atoms. The van der Waals surface area contributed by atoms with E-state index in [0.717, 1.165) is 0 Å². The molecule has 0 radical (unpaired) electrons. The van der Waals surface area contributed by atoms with Crippen LogP contribution >= 0.6 is 11.8 Å². The zero-order valence-electron chi connectivity index (χ0n) is 11.6. The normalized spacial score (nSPS) is 16.0. The average molecular weight is 323 g/mol. The van der Waals surface area contributed by atoms with Crippen molar-refractivity contribution in [3.63, 3.8) is 0 Å². The lowest BCUT2D eigenvalue weighted by Crippen LogP contribution is -2.31. The van der Waals surface area contributed by atoms with Gasteiger partial charge in [0.1, 0.15) is 6.54 Å². The number of fused-ring (bicyclic) bond motifs is 1. The van der Waals surface area contributed by atoms with Crippen LogP contribution in [0.4, 0.5) is 4.79 Å². The Morgan fingerprint density at radius 3 is 2.86 bits per heavy atom. The first-order valence-corrected chi connectivity index (χ1v) is 7.62. The number of Topliss-reactive ketones (excluding diaryl/α,β-unsaturated/α-hetero) is 1. The van der Waals surface area contributed by atoms with Gasteiger partial charge in [0.05, 0.1) is 0 Å². The van der Waals surface area contributed by atoms with Crippen LogP contribution in [0.25, 0.3) is 0 Å². The number of ether oxygens (including phenoxy) is 3. The molecule has 0 saturated carbocycles. The minimum absolute atomic E-state index is 0.125. The number of esters is 1. The van der Waals surface area contributed by atoms with Crippen molar-refractivity contribution >= 4 is 28.8 Å². The molecule has 0 aromatic heterocycles. The summed E-state index contributed by atoms with van der Waals surface area (Å²) in [6.45, 7) is 0.159. The zero-order valence-corrected chi connectivity index (χ0v) is 12.4. The van der Waals surface area contributed by atoms with E-state index in [2.05, 4.69) is 0 Å². The number of hydrogen-bond acceptors (Lipinski definition) is 7. The van der Waals surface area contributed by atoms with Crippen molar-refractivity contribution in [2.24, 2.45) is 0 Å². The molecule has 1 aromatic rings. The van der Waals surface area contributed by atoms with Crippen LogP contribution in [-0.2, 0) is 9.53 Å². The standard InChI is InChI=1S/C14H13NO6S/c16-10(9-1-2-11-12(5-9)21-8-20-11)7-19-13(17)6-15-3-4-22-14(15)18/h1-2,5H,3-4,6-8H2. The van der Waals surface area contributed by atoms with Gasteiger partial charge < -0.3 is 19.1 Å². The van der Waals surface area contributed by atoms with Crippen molar-refractivity contribution in [2.45, 2.75) is 0 Å². The monoisotopic (exact) mass is 323 g/mol. The highest BCUT2D eigenvalue weighted by molar-refractivity contribution is 8.13. The van der Waals surface area contributed by atoms with Gasteiger partial charge in [-0.2, -0.15) is 0 Å². The van der Waals surface area contributed by atoms with Crippen LogP contribution in [0.15, 0.2) is 18.2 Å². The first-order chi connectivity index (χ1) is 10.6. The molecule has 1 fully saturated rings. The summed E-state index contributed by atoms with van der Waals surface area (Å²) < 4.78 is 15.3. The molecule has 1 saturated heterocycles. The third-order valence-corrected chi connectivity index (χ3v) is 4.12. The highest BCUT2D eigenvalue weighted by Crippen LogP contribution is 2.32. The van der Waals surface area contributed by atoms with Crippen molar-refractivity contribution in [3.05, 3.63) is 23.8 Å². The molecule has 8 heteroatoms. The van der Waals surface area contributed by atoms with Gasteiger partial charge in [-0.25, -0.2) is 0 Å². The number of nitrogens with zero attached hydrogens (tertiary/aromatic N) is 1. The molecule has 0 unspecified atom stereocenters. The van der Waals surface area contributed by atoms with Crippen molar-refractivity contribution in [1.29, 1.82) is 0 Å². The maximum atomic E-state index is 12.0. The van der Waals surface area contributed by atoms with E-state index < -0.39 is 5.97 Å². The van der Waals surface area contributed by atoms with E-state index in [0.29, 0.717) is 29.4 Å². The van der Waals surface area contributed by atoms with Gasteiger partial charge in [-0.1, -0.05) is 11.8 Å². The lowest BCUT2D eigenvalue weighted by molar-refractivity contribution is -0.142. The minimum Gasteiger partial charge on any atom is -0.456 e. The molecule has 0 bridgehead atoms. The quantitative estimate of drug-likeness (QED) is 0.597. The Labute approximate surface area is 130 Å². The van der Waals surface area contributed by atoms with Crippen LogP contribution in [0.5, 0.6) is 11.5 Å². The van der Waals surface area contributed by atoms with Crippen LogP contribution < -0.4 is 9.47 Å². The number of rotatable bonds is 5. The molecule has 0 aliphatic carbocycles. The number of carbonyl (C=O) groups is 3. The number of benzene rings is 1. The summed E-state index contributed by atoms with van der Waals surface area (Å²) in [5.41, 5.74) is 0.379. The van der Waals surface area contributed by atoms with E-state index in [1.807, 2.05) is 0 Å². The highest BCUT2D eigenvalue weighted by Gasteiger charge is 2.24.